The molecule has 0 aliphatic carbocycles. The Morgan fingerprint density at radius 1 is 1.50 bits per heavy atom. The van der Waals surface area contributed by atoms with Crippen LogP contribution in [0.1, 0.15) is 19.8 Å². The molecule has 10 heavy (non-hydrogen) atoms. The quantitative estimate of drug-likeness (QED) is 0.486. The standard InChI is InChI=1S/C6H12N2O2/c1-2-3-4(7)5(8)6(9)10/h2-3,7-8H2,1H3,(H,9,10). The summed E-state index contributed by atoms with van der Waals surface area (Å²) in [7, 11) is 0. The van der Waals surface area contributed by atoms with E-state index in [1.54, 1.807) is 0 Å². The second kappa shape index (κ2) is 3.76. The van der Waals surface area contributed by atoms with Gasteiger partial charge in [-0.2, -0.15) is 0 Å². The summed E-state index contributed by atoms with van der Waals surface area (Å²) in [6, 6.07) is 0. The molecular weight excluding hydrogens is 132 g/mol. The molecule has 0 unspecified atom stereocenters. The summed E-state index contributed by atoms with van der Waals surface area (Å²) >= 11 is 0. The molecule has 0 aliphatic heterocycles. The summed E-state index contributed by atoms with van der Waals surface area (Å²) in [6.45, 7) is 1.90. The number of hydrogen-bond acceptors (Lipinski definition) is 3. The molecule has 4 nitrogen and oxygen atoms in total. The molecule has 0 aromatic carbocycles. The molecule has 0 spiro atoms. The van der Waals surface area contributed by atoms with Crippen LogP contribution in [0.15, 0.2) is 11.4 Å². The maximum atomic E-state index is 10.2. The highest BCUT2D eigenvalue weighted by Crippen LogP contribution is 1.99. The lowest BCUT2D eigenvalue weighted by atomic mass is 10.2. The van der Waals surface area contributed by atoms with E-state index in [4.69, 9.17) is 16.6 Å². The Bertz CT molecular complexity index is 163. The van der Waals surface area contributed by atoms with Gasteiger partial charge in [-0.05, 0) is 6.42 Å². The number of rotatable bonds is 3. The Labute approximate surface area is 59.5 Å². The largest absolute Gasteiger partial charge is 0.477 e. The summed E-state index contributed by atoms with van der Waals surface area (Å²) in [5.41, 5.74) is 10.4. The molecule has 0 atom stereocenters. The Morgan fingerprint density at radius 3 is 2.30 bits per heavy atom. The summed E-state index contributed by atoms with van der Waals surface area (Å²) in [5, 5.41) is 8.32. The molecular formula is C6H12N2O2. The van der Waals surface area contributed by atoms with Gasteiger partial charge in [0.1, 0.15) is 5.70 Å². The number of aliphatic carboxylic acids is 1. The third kappa shape index (κ3) is 2.39. The second-order valence-corrected chi connectivity index (χ2v) is 1.99. The van der Waals surface area contributed by atoms with Gasteiger partial charge in [-0.25, -0.2) is 4.79 Å². The van der Waals surface area contributed by atoms with Gasteiger partial charge in [-0.1, -0.05) is 13.3 Å². The average Bonchev–Trinajstić information content (AvgIpc) is 1.87. The van der Waals surface area contributed by atoms with Crippen molar-refractivity contribution in [2.45, 2.75) is 19.8 Å². The second-order valence-electron chi connectivity index (χ2n) is 1.99. The van der Waals surface area contributed by atoms with E-state index >= 15 is 0 Å². The lowest BCUT2D eigenvalue weighted by molar-refractivity contribution is -0.132. The van der Waals surface area contributed by atoms with Crippen molar-refractivity contribution in [3.8, 4) is 0 Å². The summed E-state index contributed by atoms with van der Waals surface area (Å²) in [4.78, 5) is 10.2. The molecule has 0 saturated heterocycles. The number of allylic oxidation sites excluding steroid dienone is 1. The Balaban J connectivity index is 4.19. The predicted molar refractivity (Wildman–Crippen MR) is 37.9 cm³/mol. The first-order valence-corrected chi connectivity index (χ1v) is 3.07. The highest BCUT2D eigenvalue weighted by atomic mass is 16.4. The van der Waals surface area contributed by atoms with Gasteiger partial charge in [-0.3, -0.25) is 0 Å². The van der Waals surface area contributed by atoms with Crippen LogP contribution in [0.4, 0.5) is 0 Å². The van der Waals surface area contributed by atoms with E-state index in [0.29, 0.717) is 6.42 Å². The van der Waals surface area contributed by atoms with Gasteiger partial charge >= 0.3 is 5.97 Å². The van der Waals surface area contributed by atoms with E-state index in [-0.39, 0.29) is 11.4 Å². The number of carbonyl (C=O) groups is 1. The molecule has 0 aromatic rings. The van der Waals surface area contributed by atoms with Crippen LogP contribution in [0.25, 0.3) is 0 Å². The lowest BCUT2D eigenvalue weighted by Crippen LogP contribution is -2.17. The van der Waals surface area contributed by atoms with Gasteiger partial charge in [0.15, 0.2) is 0 Å². The highest BCUT2D eigenvalue weighted by molar-refractivity contribution is 5.86. The minimum atomic E-state index is -1.15. The molecule has 0 bridgehead atoms. The molecule has 58 valence electrons. The first-order valence-electron chi connectivity index (χ1n) is 3.07. The number of carboxylic acids is 1. The van der Waals surface area contributed by atoms with Gasteiger partial charge < -0.3 is 16.6 Å². The zero-order valence-electron chi connectivity index (χ0n) is 5.92. The fraction of sp³-hybridized carbons (Fsp3) is 0.500. The zero-order valence-corrected chi connectivity index (χ0v) is 5.92. The van der Waals surface area contributed by atoms with Crippen molar-refractivity contribution in [3.05, 3.63) is 11.4 Å². The van der Waals surface area contributed by atoms with Gasteiger partial charge in [0, 0.05) is 5.70 Å². The monoisotopic (exact) mass is 144 g/mol. The fourth-order valence-electron chi connectivity index (χ4n) is 0.541. The molecule has 0 aliphatic rings. The first-order chi connectivity index (χ1) is 4.59. The molecule has 0 heterocycles. The SMILES string of the molecule is CCCC(N)=C(N)C(=O)O. The van der Waals surface area contributed by atoms with Gasteiger partial charge in [0.25, 0.3) is 0 Å². The first kappa shape index (κ1) is 8.81. The summed E-state index contributed by atoms with van der Waals surface area (Å²) < 4.78 is 0. The number of hydrogen-bond donors (Lipinski definition) is 3. The van der Waals surface area contributed by atoms with Crippen LogP contribution in [0.5, 0.6) is 0 Å². The van der Waals surface area contributed by atoms with Crippen LogP contribution in [-0.2, 0) is 4.79 Å². The molecule has 0 radical (unpaired) electrons. The minimum Gasteiger partial charge on any atom is -0.477 e. The number of carboxylic acid groups (broad SMARTS) is 1. The van der Waals surface area contributed by atoms with E-state index in [1.807, 2.05) is 6.92 Å². The molecule has 0 fully saturated rings. The van der Waals surface area contributed by atoms with Crippen molar-refractivity contribution in [3.63, 3.8) is 0 Å². The Morgan fingerprint density at radius 2 is 2.00 bits per heavy atom. The maximum absolute atomic E-state index is 10.2. The van der Waals surface area contributed by atoms with Gasteiger partial charge in [-0.15, -0.1) is 0 Å². The van der Waals surface area contributed by atoms with E-state index in [0.717, 1.165) is 6.42 Å². The number of nitrogens with two attached hydrogens (primary N) is 2. The molecule has 0 aromatic heterocycles. The molecule has 5 N–H and O–H groups in total. The van der Waals surface area contributed by atoms with E-state index < -0.39 is 5.97 Å². The third-order valence-electron chi connectivity index (χ3n) is 1.10. The van der Waals surface area contributed by atoms with Crippen LogP contribution < -0.4 is 11.5 Å². The zero-order chi connectivity index (χ0) is 8.15. The third-order valence-corrected chi connectivity index (χ3v) is 1.10. The normalized spacial score (nSPS) is 12.5. The van der Waals surface area contributed by atoms with Gasteiger partial charge in [0.2, 0.25) is 0 Å². The Hall–Kier alpha value is -1.19. The summed E-state index contributed by atoms with van der Waals surface area (Å²) in [6.07, 6.45) is 1.35. The molecule has 0 saturated carbocycles. The van der Waals surface area contributed by atoms with E-state index in [9.17, 15) is 4.79 Å². The molecule has 0 amide bonds. The average molecular weight is 144 g/mol. The predicted octanol–water partition coefficient (Wildman–Crippen LogP) is 0.0001000. The van der Waals surface area contributed by atoms with Crippen molar-refractivity contribution in [1.29, 1.82) is 0 Å². The molecule has 0 rings (SSSR count). The topological polar surface area (TPSA) is 89.3 Å². The Kier molecular flexibility index (Phi) is 3.32. The van der Waals surface area contributed by atoms with E-state index in [1.165, 1.54) is 0 Å². The highest BCUT2D eigenvalue weighted by Gasteiger charge is 2.05. The van der Waals surface area contributed by atoms with Crippen LogP contribution in [0.2, 0.25) is 0 Å². The van der Waals surface area contributed by atoms with Crippen molar-refractivity contribution in [1.82, 2.24) is 0 Å². The van der Waals surface area contributed by atoms with Crippen molar-refractivity contribution < 1.29 is 9.90 Å². The van der Waals surface area contributed by atoms with Crippen LogP contribution in [0.3, 0.4) is 0 Å². The summed E-state index contributed by atoms with van der Waals surface area (Å²) in [5.74, 6) is -1.15. The van der Waals surface area contributed by atoms with Crippen LogP contribution >= 0.6 is 0 Å². The van der Waals surface area contributed by atoms with Crippen molar-refractivity contribution in [2.24, 2.45) is 11.5 Å². The van der Waals surface area contributed by atoms with Crippen molar-refractivity contribution in [2.75, 3.05) is 0 Å². The lowest BCUT2D eigenvalue weighted by Gasteiger charge is -1.99. The minimum absolute atomic E-state index is 0.234. The van der Waals surface area contributed by atoms with Crippen molar-refractivity contribution >= 4 is 5.97 Å². The smallest absolute Gasteiger partial charge is 0.353 e. The maximum Gasteiger partial charge on any atom is 0.353 e. The van der Waals surface area contributed by atoms with E-state index in [2.05, 4.69) is 0 Å². The van der Waals surface area contributed by atoms with Gasteiger partial charge in [0.05, 0.1) is 0 Å². The fourth-order valence-corrected chi connectivity index (χ4v) is 0.541. The van der Waals surface area contributed by atoms with Crippen LogP contribution in [0, 0.1) is 0 Å². The van der Waals surface area contributed by atoms with Crippen LogP contribution in [-0.4, -0.2) is 11.1 Å². The molecule has 4 heteroatoms.